The Balaban J connectivity index is 1.69. The molecular formula is C17H13F2N3O2S. The Morgan fingerprint density at radius 3 is 2.48 bits per heavy atom. The summed E-state index contributed by atoms with van der Waals surface area (Å²) in [6, 6.07) is 10.4. The standard InChI is InChI=1S/C17H13F2N3O2S/c1-9-10-5-4-7-12(19)15(10)24-14(9)16(23)21-22-17(25)20-13-8-3-2-6-11(13)18/h2-8H,1H3,(H,21,23)(H2,20,22,25). The maximum atomic E-state index is 13.7. The number of benzene rings is 2. The number of aryl methyl sites for hydroxylation is 1. The number of carbonyl (C=O) groups is 1. The fraction of sp³-hybridized carbons (Fsp3) is 0.0588. The van der Waals surface area contributed by atoms with Crippen molar-refractivity contribution in [1.29, 1.82) is 0 Å². The van der Waals surface area contributed by atoms with Crippen LogP contribution in [0.15, 0.2) is 46.9 Å². The molecule has 0 saturated heterocycles. The monoisotopic (exact) mass is 361 g/mol. The van der Waals surface area contributed by atoms with E-state index >= 15 is 0 Å². The minimum atomic E-state index is -0.634. The molecule has 3 rings (SSSR count). The molecule has 0 bridgehead atoms. The number of hydrogen-bond acceptors (Lipinski definition) is 3. The molecule has 0 unspecified atom stereocenters. The molecular weight excluding hydrogens is 348 g/mol. The summed E-state index contributed by atoms with van der Waals surface area (Å²) in [6.45, 7) is 1.65. The molecule has 3 aromatic rings. The molecule has 1 aromatic heterocycles. The van der Waals surface area contributed by atoms with Crippen LogP contribution in [0.1, 0.15) is 16.1 Å². The average Bonchev–Trinajstić information content (AvgIpc) is 2.93. The number of carbonyl (C=O) groups excluding carboxylic acids is 1. The number of halogens is 2. The van der Waals surface area contributed by atoms with Crippen molar-refractivity contribution >= 4 is 39.9 Å². The van der Waals surface area contributed by atoms with Gasteiger partial charge < -0.3 is 9.73 Å². The van der Waals surface area contributed by atoms with Crippen LogP contribution in [-0.4, -0.2) is 11.0 Å². The number of thiocarbonyl (C=S) groups is 1. The van der Waals surface area contributed by atoms with Gasteiger partial charge >= 0.3 is 5.91 Å². The Hall–Kier alpha value is -3.00. The summed E-state index contributed by atoms with van der Waals surface area (Å²) in [4.78, 5) is 12.2. The van der Waals surface area contributed by atoms with E-state index in [1.165, 1.54) is 24.3 Å². The van der Waals surface area contributed by atoms with Crippen molar-refractivity contribution in [1.82, 2.24) is 10.9 Å². The molecule has 1 amide bonds. The van der Waals surface area contributed by atoms with Gasteiger partial charge in [-0.25, -0.2) is 8.78 Å². The van der Waals surface area contributed by atoms with Gasteiger partial charge in [-0.3, -0.25) is 15.6 Å². The van der Waals surface area contributed by atoms with Gasteiger partial charge in [-0.15, -0.1) is 0 Å². The second-order valence-electron chi connectivity index (χ2n) is 5.19. The third kappa shape index (κ3) is 3.43. The number of para-hydroxylation sites is 2. The third-order valence-electron chi connectivity index (χ3n) is 3.53. The van der Waals surface area contributed by atoms with E-state index in [-0.39, 0.29) is 22.1 Å². The normalized spacial score (nSPS) is 10.5. The van der Waals surface area contributed by atoms with Crippen LogP contribution in [0.2, 0.25) is 0 Å². The molecule has 0 atom stereocenters. The fourth-order valence-corrected chi connectivity index (χ4v) is 2.47. The smallest absolute Gasteiger partial charge is 0.305 e. The van der Waals surface area contributed by atoms with Crippen molar-refractivity contribution in [3.8, 4) is 0 Å². The Labute approximate surface area is 147 Å². The molecule has 8 heteroatoms. The van der Waals surface area contributed by atoms with E-state index in [2.05, 4.69) is 16.2 Å². The van der Waals surface area contributed by atoms with E-state index in [1.54, 1.807) is 25.1 Å². The zero-order valence-corrected chi connectivity index (χ0v) is 13.8. The summed E-state index contributed by atoms with van der Waals surface area (Å²) in [7, 11) is 0. The summed E-state index contributed by atoms with van der Waals surface area (Å²) in [6.07, 6.45) is 0. The lowest BCUT2D eigenvalue weighted by atomic mass is 10.1. The van der Waals surface area contributed by atoms with Crippen LogP contribution in [-0.2, 0) is 0 Å². The predicted molar refractivity (Wildman–Crippen MR) is 94.1 cm³/mol. The van der Waals surface area contributed by atoms with Gasteiger partial charge in [-0.05, 0) is 37.3 Å². The minimum Gasteiger partial charge on any atom is -0.447 e. The van der Waals surface area contributed by atoms with Crippen LogP contribution in [0, 0.1) is 18.6 Å². The molecule has 0 aliphatic rings. The summed E-state index contributed by atoms with van der Waals surface area (Å²) >= 11 is 4.99. The fourth-order valence-electron chi connectivity index (χ4n) is 2.31. The van der Waals surface area contributed by atoms with Gasteiger partial charge in [0.2, 0.25) is 0 Å². The van der Waals surface area contributed by atoms with E-state index in [0.29, 0.717) is 10.9 Å². The molecule has 128 valence electrons. The van der Waals surface area contributed by atoms with Crippen LogP contribution < -0.4 is 16.2 Å². The number of hydrazine groups is 1. The van der Waals surface area contributed by atoms with E-state index in [9.17, 15) is 13.6 Å². The highest BCUT2D eigenvalue weighted by atomic mass is 32.1. The largest absolute Gasteiger partial charge is 0.447 e. The first kappa shape index (κ1) is 16.8. The lowest BCUT2D eigenvalue weighted by Crippen LogP contribution is -2.43. The molecule has 0 aliphatic heterocycles. The van der Waals surface area contributed by atoms with Crippen LogP contribution in [0.5, 0.6) is 0 Å². The molecule has 0 spiro atoms. The van der Waals surface area contributed by atoms with Gasteiger partial charge in [-0.2, -0.15) is 0 Å². The second kappa shape index (κ2) is 6.86. The summed E-state index contributed by atoms with van der Waals surface area (Å²) in [5, 5.41) is 3.10. The van der Waals surface area contributed by atoms with Gasteiger partial charge in [0.25, 0.3) is 0 Å². The van der Waals surface area contributed by atoms with Gasteiger partial charge in [0.15, 0.2) is 22.3 Å². The van der Waals surface area contributed by atoms with Crippen LogP contribution >= 0.6 is 12.2 Å². The van der Waals surface area contributed by atoms with Crippen LogP contribution in [0.25, 0.3) is 11.0 Å². The molecule has 1 heterocycles. The number of fused-ring (bicyclic) bond motifs is 1. The molecule has 0 aliphatic carbocycles. The Kier molecular flexibility index (Phi) is 4.62. The molecule has 2 aromatic carbocycles. The number of rotatable bonds is 2. The van der Waals surface area contributed by atoms with Gasteiger partial charge in [-0.1, -0.05) is 24.3 Å². The van der Waals surface area contributed by atoms with Crippen molar-refractivity contribution in [2.45, 2.75) is 6.92 Å². The first-order chi connectivity index (χ1) is 12.0. The number of amides is 1. The summed E-state index contributed by atoms with van der Waals surface area (Å²) in [5.74, 6) is -1.71. The van der Waals surface area contributed by atoms with Crippen LogP contribution in [0.3, 0.4) is 0 Å². The van der Waals surface area contributed by atoms with Crippen molar-refractivity contribution in [2.75, 3.05) is 5.32 Å². The van der Waals surface area contributed by atoms with Gasteiger partial charge in [0, 0.05) is 10.9 Å². The number of furan rings is 1. The van der Waals surface area contributed by atoms with E-state index in [4.69, 9.17) is 16.6 Å². The van der Waals surface area contributed by atoms with E-state index < -0.39 is 17.5 Å². The number of hydrogen-bond donors (Lipinski definition) is 3. The summed E-state index contributed by atoms with van der Waals surface area (Å²) in [5.41, 5.74) is 5.45. The molecule has 25 heavy (non-hydrogen) atoms. The highest BCUT2D eigenvalue weighted by Crippen LogP contribution is 2.27. The minimum absolute atomic E-state index is 0.0113. The lowest BCUT2D eigenvalue weighted by molar-refractivity contribution is 0.0917. The SMILES string of the molecule is Cc1c(C(=O)NNC(=S)Nc2ccccc2F)oc2c(F)cccc12. The van der Waals surface area contributed by atoms with Crippen LogP contribution in [0.4, 0.5) is 14.5 Å². The van der Waals surface area contributed by atoms with Gasteiger partial charge in [0.1, 0.15) is 5.82 Å². The number of nitrogens with one attached hydrogen (secondary N) is 3. The van der Waals surface area contributed by atoms with Crippen molar-refractivity contribution < 1.29 is 18.0 Å². The lowest BCUT2D eigenvalue weighted by Gasteiger charge is -2.11. The zero-order chi connectivity index (χ0) is 18.0. The molecule has 3 N–H and O–H groups in total. The average molecular weight is 361 g/mol. The Morgan fingerprint density at radius 1 is 1.04 bits per heavy atom. The first-order valence-electron chi connectivity index (χ1n) is 7.27. The van der Waals surface area contributed by atoms with E-state index in [1.807, 2.05) is 0 Å². The summed E-state index contributed by atoms with van der Waals surface area (Å²) < 4.78 is 32.6. The number of anilines is 1. The molecule has 0 saturated carbocycles. The Bertz CT molecular complexity index is 972. The van der Waals surface area contributed by atoms with Gasteiger partial charge in [0.05, 0.1) is 5.69 Å². The predicted octanol–water partition coefficient (Wildman–Crippen LogP) is 3.65. The highest BCUT2D eigenvalue weighted by Gasteiger charge is 2.19. The third-order valence-corrected chi connectivity index (χ3v) is 3.74. The molecule has 0 fully saturated rings. The van der Waals surface area contributed by atoms with Crippen molar-refractivity contribution in [3.05, 3.63) is 65.4 Å². The maximum absolute atomic E-state index is 13.7. The second-order valence-corrected chi connectivity index (χ2v) is 5.59. The van der Waals surface area contributed by atoms with Crippen molar-refractivity contribution in [2.24, 2.45) is 0 Å². The maximum Gasteiger partial charge on any atom is 0.305 e. The quantitative estimate of drug-likeness (QED) is 0.480. The van der Waals surface area contributed by atoms with Crippen molar-refractivity contribution in [3.63, 3.8) is 0 Å². The molecule has 0 radical (unpaired) electrons. The highest BCUT2D eigenvalue weighted by molar-refractivity contribution is 7.80. The Morgan fingerprint density at radius 2 is 1.76 bits per heavy atom. The first-order valence-corrected chi connectivity index (χ1v) is 7.67. The topological polar surface area (TPSA) is 66.3 Å². The zero-order valence-electron chi connectivity index (χ0n) is 13.0. The molecule has 5 nitrogen and oxygen atoms in total. The van der Waals surface area contributed by atoms with E-state index in [0.717, 1.165) is 0 Å².